The number of anilines is 1. The van der Waals surface area contributed by atoms with E-state index >= 15 is 0 Å². The molecular formula is C22H32N4O4. The fraction of sp³-hybridized carbons (Fsp3) is 0.636. The number of likely N-dealkylation sites (tertiary alicyclic amines) is 2. The smallest absolute Gasteiger partial charge is 0.321 e. The van der Waals surface area contributed by atoms with E-state index < -0.39 is 5.41 Å². The second-order valence-electron chi connectivity index (χ2n) is 8.31. The van der Waals surface area contributed by atoms with Crippen LogP contribution in [0.3, 0.4) is 0 Å². The monoisotopic (exact) mass is 416 g/mol. The summed E-state index contributed by atoms with van der Waals surface area (Å²) in [4.78, 5) is 32.1. The van der Waals surface area contributed by atoms with Gasteiger partial charge in [0.05, 0.1) is 30.9 Å². The van der Waals surface area contributed by atoms with Crippen molar-refractivity contribution < 1.29 is 19.1 Å². The van der Waals surface area contributed by atoms with Crippen molar-refractivity contribution >= 4 is 17.6 Å². The van der Waals surface area contributed by atoms with E-state index in [0.29, 0.717) is 31.1 Å². The Hall–Kier alpha value is -2.32. The summed E-state index contributed by atoms with van der Waals surface area (Å²) in [5.41, 5.74) is 0.247. The number of hydrogen-bond acceptors (Lipinski definition) is 5. The van der Waals surface area contributed by atoms with Crippen LogP contribution in [0.1, 0.15) is 19.8 Å². The van der Waals surface area contributed by atoms with E-state index in [9.17, 15) is 9.59 Å². The Kier molecular flexibility index (Phi) is 6.43. The van der Waals surface area contributed by atoms with Crippen LogP contribution >= 0.6 is 0 Å². The Balaban J connectivity index is 1.32. The first-order valence-corrected chi connectivity index (χ1v) is 11.0. The van der Waals surface area contributed by atoms with Gasteiger partial charge >= 0.3 is 6.03 Å². The van der Waals surface area contributed by atoms with Crippen molar-refractivity contribution in [3.05, 3.63) is 24.3 Å². The number of ether oxygens (including phenoxy) is 2. The third-order valence-electron chi connectivity index (χ3n) is 6.46. The minimum atomic E-state index is -0.415. The summed E-state index contributed by atoms with van der Waals surface area (Å²) in [5, 5.41) is 2.96. The average Bonchev–Trinajstić information content (AvgIpc) is 3.34. The van der Waals surface area contributed by atoms with Crippen molar-refractivity contribution in [1.82, 2.24) is 14.7 Å². The van der Waals surface area contributed by atoms with Crippen molar-refractivity contribution in [2.24, 2.45) is 5.41 Å². The Bertz CT molecular complexity index is 767. The quantitative estimate of drug-likeness (QED) is 0.766. The molecular weight excluding hydrogens is 384 g/mol. The van der Waals surface area contributed by atoms with Crippen LogP contribution < -0.4 is 10.1 Å². The maximum atomic E-state index is 13.2. The predicted molar refractivity (Wildman–Crippen MR) is 114 cm³/mol. The van der Waals surface area contributed by atoms with E-state index in [1.54, 1.807) is 4.90 Å². The molecule has 0 saturated carbocycles. The van der Waals surface area contributed by atoms with Crippen molar-refractivity contribution in [3.63, 3.8) is 0 Å². The number of carbonyl (C=O) groups excluding carboxylic acids is 2. The van der Waals surface area contributed by atoms with E-state index in [2.05, 4.69) is 10.2 Å². The van der Waals surface area contributed by atoms with Crippen LogP contribution in [-0.4, -0.2) is 92.3 Å². The van der Waals surface area contributed by atoms with E-state index in [1.165, 1.54) is 0 Å². The number of para-hydroxylation sites is 2. The number of urea groups is 1. The molecule has 0 bridgehead atoms. The topological polar surface area (TPSA) is 74.3 Å². The summed E-state index contributed by atoms with van der Waals surface area (Å²) in [7, 11) is 0. The predicted octanol–water partition coefficient (Wildman–Crippen LogP) is 1.87. The molecule has 30 heavy (non-hydrogen) atoms. The molecule has 1 spiro atoms. The highest BCUT2D eigenvalue weighted by molar-refractivity contribution is 5.93. The van der Waals surface area contributed by atoms with Crippen molar-refractivity contribution in [3.8, 4) is 5.75 Å². The van der Waals surface area contributed by atoms with Gasteiger partial charge in [0.2, 0.25) is 5.91 Å². The Labute approximate surface area is 178 Å². The maximum Gasteiger partial charge on any atom is 0.321 e. The lowest BCUT2D eigenvalue weighted by molar-refractivity contribution is -0.135. The molecule has 0 radical (unpaired) electrons. The summed E-state index contributed by atoms with van der Waals surface area (Å²) in [6, 6.07) is 7.27. The number of nitrogens with one attached hydrogen (secondary N) is 1. The van der Waals surface area contributed by atoms with Gasteiger partial charge in [0, 0.05) is 45.8 Å². The van der Waals surface area contributed by atoms with E-state index in [-0.39, 0.29) is 11.9 Å². The molecule has 3 aliphatic heterocycles. The number of rotatable bonds is 6. The van der Waals surface area contributed by atoms with Crippen LogP contribution in [0.15, 0.2) is 24.3 Å². The summed E-state index contributed by atoms with van der Waals surface area (Å²) in [6.45, 7) is 9.39. The maximum absolute atomic E-state index is 13.2. The molecule has 3 heterocycles. The molecule has 1 aromatic rings. The molecule has 1 unspecified atom stereocenters. The van der Waals surface area contributed by atoms with Gasteiger partial charge in [-0.1, -0.05) is 12.1 Å². The SMILES string of the molecule is CCOc1ccccc1NC(=O)N1CCC2(CCN(CCN3CCOCC3)C2=O)C1. The molecule has 164 valence electrons. The number of hydrogen-bond donors (Lipinski definition) is 1. The van der Waals surface area contributed by atoms with Crippen molar-refractivity contribution in [2.75, 3.05) is 71.0 Å². The van der Waals surface area contributed by atoms with Crippen LogP contribution in [0, 0.1) is 5.41 Å². The first-order valence-electron chi connectivity index (χ1n) is 11.0. The third kappa shape index (κ3) is 4.39. The Morgan fingerprint density at radius 1 is 1.13 bits per heavy atom. The molecule has 1 N–H and O–H groups in total. The molecule has 3 amide bonds. The average molecular weight is 417 g/mol. The van der Waals surface area contributed by atoms with Gasteiger partial charge in [-0.15, -0.1) is 0 Å². The van der Waals surface area contributed by atoms with Gasteiger partial charge in [-0.3, -0.25) is 9.69 Å². The lowest BCUT2D eigenvalue weighted by Crippen LogP contribution is -2.44. The normalized spacial score (nSPS) is 24.6. The molecule has 4 rings (SSSR count). The third-order valence-corrected chi connectivity index (χ3v) is 6.46. The largest absolute Gasteiger partial charge is 0.492 e. The number of carbonyl (C=O) groups is 2. The zero-order valence-corrected chi connectivity index (χ0v) is 17.8. The summed E-state index contributed by atoms with van der Waals surface area (Å²) in [6.07, 6.45) is 1.56. The van der Waals surface area contributed by atoms with E-state index in [4.69, 9.17) is 9.47 Å². The number of nitrogens with zero attached hydrogens (tertiary/aromatic N) is 3. The van der Waals surface area contributed by atoms with Crippen LogP contribution in [-0.2, 0) is 9.53 Å². The highest BCUT2D eigenvalue weighted by Crippen LogP contribution is 2.41. The summed E-state index contributed by atoms with van der Waals surface area (Å²) in [5.74, 6) is 0.870. The first kappa shape index (κ1) is 20.9. The molecule has 3 fully saturated rings. The highest BCUT2D eigenvalue weighted by Gasteiger charge is 2.51. The van der Waals surface area contributed by atoms with Gasteiger partial charge in [0.1, 0.15) is 5.75 Å². The Morgan fingerprint density at radius 3 is 2.70 bits per heavy atom. The lowest BCUT2D eigenvalue weighted by Gasteiger charge is -2.29. The van der Waals surface area contributed by atoms with E-state index in [0.717, 1.165) is 58.8 Å². The van der Waals surface area contributed by atoms with Crippen LogP contribution in [0.2, 0.25) is 0 Å². The number of morpholine rings is 1. The number of amides is 3. The second-order valence-corrected chi connectivity index (χ2v) is 8.31. The van der Waals surface area contributed by atoms with Crippen LogP contribution in [0.5, 0.6) is 5.75 Å². The minimum Gasteiger partial charge on any atom is -0.492 e. The van der Waals surface area contributed by atoms with Crippen molar-refractivity contribution in [1.29, 1.82) is 0 Å². The fourth-order valence-corrected chi connectivity index (χ4v) is 4.66. The summed E-state index contributed by atoms with van der Waals surface area (Å²) >= 11 is 0. The van der Waals surface area contributed by atoms with Gasteiger partial charge in [0.15, 0.2) is 0 Å². The lowest BCUT2D eigenvalue weighted by atomic mass is 9.85. The zero-order valence-electron chi connectivity index (χ0n) is 17.8. The van der Waals surface area contributed by atoms with Crippen molar-refractivity contribution in [2.45, 2.75) is 19.8 Å². The summed E-state index contributed by atoms with van der Waals surface area (Å²) < 4.78 is 11.0. The van der Waals surface area contributed by atoms with Crippen LogP contribution in [0.25, 0.3) is 0 Å². The molecule has 3 aliphatic rings. The first-order chi connectivity index (χ1) is 14.6. The van der Waals surface area contributed by atoms with E-state index in [1.807, 2.05) is 36.1 Å². The fourth-order valence-electron chi connectivity index (χ4n) is 4.66. The molecule has 0 aromatic heterocycles. The molecule has 1 atom stereocenters. The molecule has 3 saturated heterocycles. The van der Waals surface area contributed by atoms with Gasteiger partial charge in [-0.05, 0) is 31.9 Å². The molecule has 8 nitrogen and oxygen atoms in total. The van der Waals surface area contributed by atoms with Gasteiger partial charge in [-0.25, -0.2) is 4.79 Å². The minimum absolute atomic E-state index is 0.168. The molecule has 1 aromatic carbocycles. The molecule has 0 aliphatic carbocycles. The Morgan fingerprint density at radius 2 is 1.90 bits per heavy atom. The second kappa shape index (κ2) is 9.22. The number of benzene rings is 1. The van der Waals surface area contributed by atoms with Gasteiger partial charge < -0.3 is 24.6 Å². The van der Waals surface area contributed by atoms with Crippen LogP contribution in [0.4, 0.5) is 10.5 Å². The van der Waals surface area contributed by atoms with Gasteiger partial charge in [-0.2, -0.15) is 0 Å². The molecule has 8 heteroatoms. The van der Waals surface area contributed by atoms with Gasteiger partial charge in [0.25, 0.3) is 0 Å². The highest BCUT2D eigenvalue weighted by atomic mass is 16.5. The standard InChI is InChI=1S/C22H32N4O4/c1-2-30-19-6-4-3-5-18(19)23-21(28)26-10-8-22(17-26)7-9-25(20(22)27)12-11-24-13-15-29-16-14-24/h3-6H,2,7-17H2,1H3,(H,23,28). The zero-order chi connectivity index (χ0) is 21.0.